The maximum atomic E-state index is 12.8. The number of rotatable bonds is 7. The van der Waals surface area contributed by atoms with Gasteiger partial charge in [0.1, 0.15) is 5.75 Å². The van der Waals surface area contributed by atoms with E-state index in [9.17, 15) is 13.2 Å². The molecule has 0 fully saturated rings. The Kier molecular flexibility index (Phi) is 6.87. The van der Waals surface area contributed by atoms with Crippen LogP contribution in [-0.2, 0) is 21.2 Å². The normalized spacial score (nSPS) is 11.1. The summed E-state index contributed by atoms with van der Waals surface area (Å²) in [5.74, 6) is 0.391. The molecular formula is C23H23ClN2O4S. The second-order valence-corrected chi connectivity index (χ2v) is 9.43. The van der Waals surface area contributed by atoms with Gasteiger partial charge < -0.3 is 10.1 Å². The Labute approximate surface area is 187 Å². The minimum Gasteiger partial charge on any atom is -0.495 e. The molecule has 3 aromatic rings. The van der Waals surface area contributed by atoms with Crippen molar-refractivity contribution in [2.24, 2.45) is 0 Å². The van der Waals surface area contributed by atoms with Crippen LogP contribution in [0.2, 0.25) is 5.02 Å². The van der Waals surface area contributed by atoms with Crippen LogP contribution in [0, 0.1) is 6.92 Å². The van der Waals surface area contributed by atoms with E-state index in [2.05, 4.69) is 5.32 Å². The molecule has 162 valence electrons. The lowest BCUT2D eigenvalue weighted by Gasteiger charge is -2.20. The Morgan fingerprint density at radius 3 is 2.29 bits per heavy atom. The Hall–Kier alpha value is -3.03. The number of ether oxygens (including phenoxy) is 1. The standard InChI is InChI=1S/C23H23ClN2O4S/c1-16-4-13-22(30-3)21(14-16)25-23(27)15-17-5-9-19(10-6-17)26(2)31(28,29)20-11-7-18(24)8-12-20/h4-14H,15H2,1-3H3,(H,25,27). The highest BCUT2D eigenvalue weighted by atomic mass is 35.5. The van der Waals surface area contributed by atoms with Crippen LogP contribution in [-0.4, -0.2) is 28.5 Å². The van der Waals surface area contributed by atoms with Gasteiger partial charge in [-0.05, 0) is 66.6 Å². The van der Waals surface area contributed by atoms with Gasteiger partial charge in [0.05, 0.1) is 29.8 Å². The number of nitrogens with one attached hydrogen (secondary N) is 1. The highest BCUT2D eigenvalue weighted by Gasteiger charge is 2.21. The Morgan fingerprint density at radius 1 is 1.03 bits per heavy atom. The van der Waals surface area contributed by atoms with Crippen LogP contribution in [0.15, 0.2) is 71.6 Å². The average molecular weight is 459 g/mol. The van der Waals surface area contributed by atoms with Crippen molar-refractivity contribution in [2.45, 2.75) is 18.2 Å². The molecule has 3 aromatic carbocycles. The van der Waals surface area contributed by atoms with Crippen molar-refractivity contribution in [2.75, 3.05) is 23.8 Å². The number of benzene rings is 3. The van der Waals surface area contributed by atoms with Gasteiger partial charge in [-0.2, -0.15) is 0 Å². The third kappa shape index (κ3) is 5.37. The van der Waals surface area contributed by atoms with E-state index in [4.69, 9.17) is 16.3 Å². The number of halogens is 1. The summed E-state index contributed by atoms with van der Waals surface area (Å²) in [4.78, 5) is 12.6. The van der Waals surface area contributed by atoms with Crippen LogP contribution < -0.4 is 14.4 Å². The Morgan fingerprint density at radius 2 is 1.68 bits per heavy atom. The first-order chi connectivity index (χ1) is 14.7. The summed E-state index contributed by atoms with van der Waals surface area (Å²) in [6.45, 7) is 1.93. The van der Waals surface area contributed by atoms with Gasteiger partial charge in [-0.3, -0.25) is 9.10 Å². The SMILES string of the molecule is COc1ccc(C)cc1NC(=O)Cc1ccc(N(C)S(=O)(=O)c2ccc(Cl)cc2)cc1. The van der Waals surface area contributed by atoms with Gasteiger partial charge in [-0.1, -0.05) is 29.8 Å². The van der Waals surface area contributed by atoms with Crippen molar-refractivity contribution >= 4 is 38.9 Å². The number of carbonyl (C=O) groups excluding carboxylic acids is 1. The Bertz CT molecular complexity index is 1180. The highest BCUT2D eigenvalue weighted by Crippen LogP contribution is 2.26. The number of hydrogen-bond acceptors (Lipinski definition) is 4. The van der Waals surface area contributed by atoms with E-state index >= 15 is 0 Å². The van der Waals surface area contributed by atoms with Crippen LogP contribution in [0.5, 0.6) is 5.75 Å². The fraction of sp³-hybridized carbons (Fsp3) is 0.174. The van der Waals surface area contributed by atoms with Gasteiger partial charge in [-0.15, -0.1) is 0 Å². The summed E-state index contributed by atoms with van der Waals surface area (Å²) in [6, 6.07) is 18.4. The van der Waals surface area contributed by atoms with Gasteiger partial charge in [0.2, 0.25) is 5.91 Å². The van der Waals surface area contributed by atoms with Crippen LogP contribution in [0.3, 0.4) is 0 Å². The minimum atomic E-state index is -3.72. The largest absolute Gasteiger partial charge is 0.495 e. The lowest BCUT2D eigenvalue weighted by Crippen LogP contribution is -2.26. The van der Waals surface area contributed by atoms with Crippen molar-refractivity contribution in [3.8, 4) is 5.75 Å². The zero-order valence-corrected chi connectivity index (χ0v) is 19.0. The van der Waals surface area contributed by atoms with Crippen molar-refractivity contribution in [1.82, 2.24) is 0 Å². The van der Waals surface area contributed by atoms with Crippen molar-refractivity contribution < 1.29 is 17.9 Å². The second-order valence-electron chi connectivity index (χ2n) is 7.02. The van der Waals surface area contributed by atoms with E-state index in [0.717, 1.165) is 11.1 Å². The van der Waals surface area contributed by atoms with E-state index < -0.39 is 10.0 Å². The van der Waals surface area contributed by atoms with Gasteiger partial charge in [-0.25, -0.2) is 8.42 Å². The molecule has 1 amide bonds. The van der Waals surface area contributed by atoms with Crippen molar-refractivity contribution in [3.63, 3.8) is 0 Å². The number of hydrogen-bond donors (Lipinski definition) is 1. The molecule has 0 spiro atoms. The van der Waals surface area contributed by atoms with E-state index in [-0.39, 0.29) is 17.2 Å². The summed E-state index contributed by atoms with van der Waals surface area (Å²) in [7, 11) is -0.685. The number of methoxy groups -OCH3 is 1. The Balaban J connectivity index is 1.70. The molecule has 0 radical (unpaired) electrons. The predicted octanol–water partition coefficient (Wildman–Crippen LogP) is 4.66. The molecule has 0 aromatic heterocycles. The molecule has 0 atom stereocenters. The number of carbonyl (C=O) groups is 1. The predicted molar refractivity (Wildman–Crippen MR) is 124 cm³/mol. The van der Waals surface area contributed by atoms with Crippen LogP contribution >= 0.6 is 11.6 Å². The number of aryl methyl sites for hydroxylation is 1. The summed E-state index contributed by atoms with van der Waals surface area (Å²) < 4.78 is 32.1. The molecule has 0 saturated carbocycles. The van der Waals surface area contributed by atoms with Crippen LogP contribution in [0.25, 0.3) is 0 Å². The van der Waals surface area contributed by atoms with Crippen molar-refractivity contribution in [1.29, 1.82) is 0 Å². The smallest absolute Gasteiger partial charge is 0.264 e. The zero-order valence-electron chi connectivity index (χ0n) is 17.4. The fourth-order valence-electron chi connectivity index (χ4n) is 3.03. The van der Waals surface area contributed by atoms with E-state index in [0.29, 0.717) is 22.1 Å². The first kappa shape index (κ1) is 22.7. The topological polar surface area (TPSA) is 75.7 Å². The van der Waals surface area contributed by atoms with Gasteiger partial charge in [0, 0.05) is 12.1 Å². The number of anilines is 2. The molecule has 0 aliphatic heterocycles. The maximum Gasteiger partial charge on any atom is 0.264 e. The third-order valence-corrected chi connectivity index (χ3v) is 6.82. The lowest BCUT2D eigenvalue weighted by molar-refractivity contribution is -0.115. The monoisotopic (exact) mass is 458 g/mol. The first-order valence-corrected chi connectivity index (χ1v) is 11.3. The summed E-state index contributed by atoms with van der Waals surface area (Å²) in [6.07, 6.45) is 0.144. The average Bonchev–Trinajstić information content (AvgIpc) is 2.74. The van der Waals surface area contributed by atoms with Gasteiger partial charge in [0.15, 0.2) is 0 Å². The molecule has 0 saturated heterocycles. The summed E-state index contributed by atoms with van der Waals surface area (Å²) in [5.41, 5.74) is 2.85. The number of amides is 1. The maximum absolute atomic E-state index is 12.8. The highest BCUT2D eigenvalue weighted by molar-refractivity contribution is 7.92. The molecule has 1 N–H and O–H groups in total. The van der Waals surface area contributed by atoms with Gasteiger partial charge >= 0.3 is 0 Å². The molecule has 31 heavy (non-hydrogen) atoms. The summed E-state index contributed by atoms with van der Waals surface area (Å²) >= 11 is 5.84. The molecule has 0 heterocycles. The molecule has 8 heteroatoms. The zero-order chi connectivity index (χ0) is 22.6. The molecular weight excluding hydrogens is 436 g/mol. The lowest BCUT2D eigenvalue weighted by atomic mass is 10.1. The van der Waals surface area contributed by atoms with Crippen LogP contribution in [0.1, 0.15) is 11.1 Å². The molecule has 0 aliphatic carbocycles. The molecule has 3 rings (SSSR count). The quantitative estimate of drug-likeness (QED) is 0.558. The van der Waals surface area contributed by atoms with E-state index in [1.165, 1.54) is 35.6 Å². The molecule has 6 nitrogen and oxygen atoms in total. The number of nitrogens with zero attached hydrogens (tertiary/aromatic N) is 1. The molecule has 0 bridgehead atoms. The van der Waals surface area contributed by atoms with E-state index in [1.807, 2.05) is 19.1 Å². The van der Waals surface area contributed by atoms with Crippen molar-refractivity contribution in [3.05, 3.63) is 82.9 Å². The molecule has 0 unspecified atom stereocenters. The second kappa shape index (κ2) is 9.41. The first-order valence-electron chi connectivity index (χ1n) is 9.48. The fourth-order valence-corrected chi connectivity index (χ4v) is 4.35. The third-order valence-electron chi connectivity index (χ3n) is 4.77. The van der Waals surface area contributed by atoms with Gasteiger partial charge in [0.25, 0.3) is 10.0 Å². The number of sulfonamides is 1. The van der Waals surface area contributed by atoms with E-state index in [1.54, 1.807) is 37.4 Å². The summed E-state index contributed by atoms with van der Waals surface area (Å²) in [5, 5.41) is 3.32. The molecule has 0 aliphatic rings. The van der Waals surface area contributed by atoms with Crippen LogP contribution in [0.4, 0.5) is 11.4 Å². The minimum absolute atomic E-state index is 0.144.